The highest BCUT2D eigenvalue weighted by molar-refractivity contribution is 5.83. The van der Waals surface area contributed by atoms with Crippen LogP contribution in [-0.4, -0.2) is 5.71 Å². The van der Waals surface area contributed by atoms with Gasteiger partial charge in [-0.25, -0.2) is 0 Å². The molecule has 1 atom stereocenters. The van der Waals surface area contributed by atoms with Crippen LogP contribution < -0.4 is 5.84 Å². The maximum Gasteiger partial charge on any atom is 0.0375 e. The zero-order valence-corrected chi connectivity index (χ0v) is 8.09. The molecule has 2 N–H and O–H groups in total. The monoisotopic (exact) mass is 156 g/mol. The molecule has 0 aliphatic carbocycles. The maximum absolute atomic E-state index is 5.21. The van der Waals surface area contributed by atoms with Gasteiger partial charge >= 0.3 is 0 Å². The van der Waals surface area contributed by atoms with Crippen LogP contribution in [0.5, 0.6) is 0 Å². The molecule has 0 aliphatic heterocycles. The first-order chi connectivity index (χ1) is 5.11. The third-order valence-corrected chi connectivity index (χ3v) is 2.04. The Bertz CT molecular complexity index is 128. The molecule has 0 aromatic heterocycles. The van der Waals surface area contributed by atoms with Gasteiger partial charge in [-0.3, -0.25) is 0 Å². The summed E-state index contributed by atoms with van der Waals surface area (Å²) in [5.41, 5.74) is 1.08. The van der Waals surface area contributed by atoms with Gasteiger partial charge in [0.2, 0.25) is 0 Å². The average Bonchev–Trinajstić information content (AvgIpc) is 1.98. The van der Waals surface area contributed by atoms with E-state index in [9.17, 15) is 0 Å². The largest absolute Gasteiger partial charge is 0.323 e. The van der Waals surface area contributed by atoms with Gasteiger partial charge in [0, 0.05) is 5.71 Å². The van der Waals surface area contributed by atoms with Gasteiger partial charge in [-0.05, 0) is 31.6 Å². The van der Waals surface area contributed by atoms with E-state index in [0.717, 1.165) is 18.1 Å². The number of hydrogen-bond acceptors (Lipinski definition) is 2. The predicted octanol–water partition coefficient (Wildman–Crippen LogP) is 2.39. The summed E-state index contributed by atoms with van der Waals surface area (Å²) in [6.07, 6.45) is 2.34. The lowest BCUT2D eigenvalue weighted by Crippen LogP contribution is -2.14. The topological polar surface area (TPSA) is 38.4 Å². The molecule has 0 rings (SSSR count). The van der Waals surface area contributed by atoms with Crippen LogP contribution in [0, 0.1) is 11.8 Å². The molecule has 0 aromatic carbocycles. The summed E-state index contributed by atoms with van der Waals surface area (Å²) in [6, 6.07) is 0. The number of nitrogens with two attached hydrogens (primary N) is 1. The number of hydrogen-bond donors (Lipinski definition) is 1. The van der Waals surface area contributed by atoms with Crippen molar-refractivity contribution in [2.75, 3.05) is 0 Å². The second kappa shape index (κ2) is 5.16. The standard InChI is InChI=1S/C9H20N2/c1-5-9(6-7(2)3)8(4)11-10/h7,9H,5-6,10H2,1-4H3. The van der Waals surface area contributed by atoms with Gasteiger partial charge in [0.1, 0.15) is 0 Å². The molecule has 11 heavy (non-hydrogen) atoms. The Morgan fingerprint density at radius 2 is 2.00 bits per heavy atom. The van der Waals surface area contributed by atoms with Crippen LogP contribution >= 0.6 is 0 Å². The van der Waals surface area contributed by atoms with Crippen molar-refractivity contribution in [2.24, 2.45) is 22.8 Å². The van der Waals surface area contributed by atoms with Crippen molar-refractivity contribution < 1.29 is 0 Å². The average molecular weight is 156 g/mol. The molecule has 66 valence electrons. The lowest BCUT2D eigenvalue weighted by Gasteiger charge is -2.15. The Hall–Kier alpha value is -0.530. The first-order valence-corrected chi connectivity index (χ1v) is 4.36. The van der Waals surface area contributed by atoms with E-state index in [-0.39, 0.29) is 0 Å². The van der Waals surface area contributed by atoms with Crippen LogP contribution in [0.1, 0.15) is 40.5 Å². The zero-order valence-electron chi connectivity index (χ0n) is 8.09. The molecule has 2 nitrogen and oxygen atoms in total. The number of rotatable bonds is 4. The molecule has 0 radical (unpaired) electrons. The lowest BCUT2D eigenvalue weighted by molar-refractivity contribution is 0.484. The predicted molar refractivity (Wildman–Crippen MR) is 50.5 cm³/mol. The van der Waals surface area contributed by atoms with Gasteiger partial charge in [0.05, 0.1) is 0 Å². The van der Waals surface area contributed by atoms with Crippen LogP contribution in [0.3, 0.4) is 0 Å². The van der Waals surface area contributed by atoms with E-state index in [1.807, 2.05) is 6.92 Å². The van der Waals surface area contributed by atoms with E-state index >= 15 is 0 Å². The van der Waals surface area contributed by atoms with Crippen LogP contribution in [0.4, 0.5) is 0 Å². The minimum atomic E-state index is 0.583. The highest BCUT2D eigenvalue weighted by Gasteiger charge is 2.11. The highest BCUT2D eigenvalue weighted by Crippen LogP contribution is 2.16. The molecule has 0 fully saturated rings. The summed E-state index contributed by atoms with van der Waals surface area (Å²) >= 11 is 0. The van der Waals surface area contributed by atoms with Crippen LogP contribution in [0.2, 0.25) is 0 Å². The molecule has 0 amide bonds. The molecule has 2 heteroatoms. The van der Waals surface area contributed by atoms with E-state index in [1.54, 1.807) is 0 Å². The lowest BCUT2D eigenvalue weighted by atomic mass is 9.91. The SMILES string of the molecule is CCC(CC(C)C)C(C)=NN. The van der Waals surface area contributed by atoms with Gasteiger partial charge in [-0.2, -0.15) is 5.10 Å². The van der Waals surface area contributed by atoms with Gasteiger partial charge < -0.3 is 5.84 Å². The third kappa shape index (κ3) is 4.02. The molecule has 0 heterocycles. The first kappa shape index (κ1) is 10.5. The van der Waals surface area contributed by atoms with Crippen molar-refractivity contribution >= 4 is 5.71 Å². The summed E-state index contributed by atoms with van der Waals surface area (Å²) in [5.74, 6) is 6.53. The summed E-state index contributed by atoms with van der Waals surface area (Å²) in [7, 11) is 0. The van der Waals surface area contributed by atoms with E-state index in [4.69, 9.17) is 5.84 Å². The Morgan fingerprint density at radius 3 is 2.27 bits per heavy atom. The van der Waals surface area contributed by atoms with Crippen molar-refractivity contribution in [2.45, 2.75) is 40.5 Å². The van der Waals surface area contributed by atoms with Crippen molar-refractivity contribution in [3.05, 3.63) is 0 Å². The van der Waals surface area contributed by atoms with Crippen LogP contribution in [0.25, 0.3) is 0 Å². The van der Waals surface area contributed by atoms with E-state index in [0.29, 0.717) is 5.92 Å². The quantitative estimate of drug-likeness (QED) is 0.379. The smallest absolute Gasteiger partial charge is 0.0375 e. The summed E-state index contributed by atoms with van der Waals surface area (Å²) in [4.78, 5) is 0. The molecule has 0 spiro atoms. The summed E-state index contributed by atoms with van der Waals surface area (Å²) in [5, 5.41) is 3.73. The number of nitrogens with zero attached hydrogens (tertiary/aromatic N) is 1. The summed E-state index contributed by atoms with van der Waals surface area (Å²) in [6.45, 7) is 8.65. The minimum Gasteiger partial charge on any atom is -0.323 e. The summed E-state index contributed by atoms with van der Waals surface area (Å²) < 4.78 is 0. The van der Waals surface area contributed by atoms with Crippen molar-refractivity contribution in [1.29, 1.82) is 0 Å². The van der Waals surface area contributed by atoms with E-state index < -0.39 is 0 Å². The van der Waals surface area contributed by atoms with E-state index in [1.165, 1.54) is 6.42 Å². The Kier molecular flexibility index (Phi) is 4.92. The zero-order chi connectivity index (χ0) is 8.85. The minimum absolute atomic E-state index is 0.583. The molecule has 0 aliphatic rings. The Labute approximate surface area is 69.9 Å². The van der Waals surface area contributed by atoms with E-state index in [2.05, 4.69) is 25.9 Å². The molecule has 1 unspecified atom stereocenters. The van der Waals surface area contributed by atoms with Crippen molar-refractivity contribution in [3.63, 3.8) is 0 Å². The van der Waals surface area contributed by atoms with Crippen LogP contribution in [-0.2, 0) is 0 Å². The molecule has 0 saturated heterocycles. The second-order valence-electron chi connectivity index (χ2n) is 3.51. The first-order valence-electron chi connectivity index (χ1n) is 4.36. The highest BCUT2D eigenvalue weighted by atomic mass is 15.1. The van der Waals surface area contributed by atoms with Gasteiger partial charge in [0.15, 0.2) is 0 Å². The van der Waals surface area contributed by atoms with Gasteiger partial charge in [-0.15, -0.1) is 0 Å². The third-order valence-electron chi connectivity index (χ3n) is 2.04. The van der Waals surface area contributed by atoms with Crippen LogP contribution in [0.15, 0.2) is 5.10 Å². The number of hydrazone groups is 1. The fraction of sp³-hybridized carbons (Fsp3) is 0.889. The fourth-order valence-corrected chi connectivity index (χ4v) is 1.31. The van der Waals surface area contributed by atoms with Crippen molar-refractivity contribution in [3.8, 4) is 0 Å². The Balaban J connectivity index is 3.95. The molecular weight excluding hydrogens is 136 g/mol. The second-order valence-corrected chi connectivity index (χ2v) is 3.51. The Morgan fingerprint density at radius 1 is 1.45 bits per heavy atom. The fourth-order valence-electron chi connectivity index (χ4n) is 1.31. The van der Waals surface area contributed by atoms with Gasteiger partial charge in [0.25, 0.3) is 0 Å². The molecule has 0 saturated carbocycles. The molecule has 0 aromatic rings. The maximum atomic E-state index is 5.21. The molecule has 0 bridgehead atoms. The van der Waals surface area contributed by atoms with Crippen molar-refractivity contribution in [1.82, 2.24) is 0 Å². The van der Waals surface area contributed by atoms with Gasteiger partial charge in [-0.1, -0.05) is 20.8 Å². The normalized spacial score (nSPS) is 15.5. The molecular formula is C9H20N2.